The van der Waals surface area contributed by atoms with Crippen LogP contribution in [0.3, 0.4) is 0 Å². The van der Waals surface area contributed by atoms with Crippen molar-refractivity contribution in [1.29, 1.82) is 0 Å². The molecule has 3 aromatic rings. The molecule has 0 bridgehead atoms. The number of carbonyl (C=O) groups excluding carboxylic acids is 2. The Morgan fingerprint density at radius 1 is 0.857 bits per heavy atom. The number of piperazine rings is 1. The zero-order valence-corrected chi connectivity index (χ0v) is 15.3. The number of para-hydroxylation sites is 2. The Kier molecular flexibility index (Phi) is 4.89. The Hall–Kier alpha value is -3.48. The molecule has 0 unspecified atom stereocenters. The van der Waals surface area contributed by atoms with Gasteiger partial charge in [0.25, 0.3) is 11.5 Å². The largest absolute Gasteiger partial charge is 0.338 e. The lowest BCUT2D eigenvalue weighted by atomic mass is 10.2. The second kappa shape index (κ2) is 7.64. The predicted molar refractivity (Wildman–Crippen MR) is 105 cm³/mol. The summed E-state index contributed by atoms with van der Waals surface area (Å²) in [6.45, 7) is 1.83. The number of aromatic nitrogens is 2. The van der Waals surface area contributed by atoms with Crippen LogP contribution in [0.1, 0.15) is 10.4 Å². The first-order valence-electron chi connectivity index (χ1n) is 9.20. The lowest BCUT2D eigenvalue weighted by Gasteiger charge is -2.35. The SMILES string of the molecule is O=C(Cn1c(=O)cnc2ccccc21)N1CCN(C(=O)c2ccccc2)CC1. The third kappa shape index (κ3) is 3.51. The molecule has 1 fully saturated rings. The molecule has 0 N–H and O–H groups in total. The van der Waals surface area contributed by atoms with E-state index in [4.69, 9.17) is 0 Å². The average molecular weight is 376 g/mol. The third-order valence-electron chi connectivity index (χ3n) is 4.99. The molecule has 2 amide bonds. The Morgan fingerprint density at radius 2 is 1.50 bits per heavy atom. The Labute approximate surface area is 161 Å². The summed E-state index contributed by atoms with van der Waals surface area (Å²) in [7, 11) is 0. The first-order chi connectivity index (χ1) is 13.6. The number of hydrogen-bond donors (Lipinski definition) is 0. The van der Waals surface area contributed by atoms with Gasteiger partial charge >= 0.3 is 0 Å². The molecule has 1 saturated heterocycles. The van der Waals surface area contributed by atoms with E-state index in [1.165, 1.54) is 10.8 Å². The molecule has 1 aliphatic rings. The van der Waals surface area contributed by atoms with Gasteiger partial charge in [-0.25, -0.2) is 4.98 Å². The highest BCUT2D eigenvalue weighted by Crippen LogP contribution is 2.11. The number of benzene rings is 2. The zero-order chi connectivity index (χ0) is 19.5. The number of amides is 2. The molecule has 1 aliphatic heterocycles. The topological polar surface area (TPSA) is 75.5 Å². The second-order valence-electron chi connectivity index (χ2n) is 6.71. The van der Waals surface area contributed by atoms with Crippen molar-refractivity contribution in [2.24, 2.45) is 0 Å². The highest BCUT2D eigenvalue weighted by molar-refractivity contribution is 5.94. The summed E-state index contributed by atoms with van der Waals surface area (Å²) in [5, 5.41) is 0. The normalized spacial score (nSPS) is 14.3. The van der Waals surface area contributed by atoms with E-state index in [2.05, 4.69) is 4.98 Å². The minimum absolute atomic E-state index is 0.0240. The van der Waals surface area contributed by atoms with Crippen LogP contribution in [0.25, 0.3) is 11.0 Å². The van der Waals surface area contributed by atoms with Crippen LogP contribution in [0.4, 0.5) is 0 Å². The number of carbonyl (C=O) groups is 2. The molecular formula is C21H20N4O3. The van der Waals surface area contributed by atoms with E-state index >= 15 is 0 Å². The summed E-state index contributed by atoms with van der Waals surface area (Å²) >= 11 is 0. The zero-order valence-electron chi connectivity index (χ0n) is 15.3. The second-order valence-corrected chi connectivity index (χ2v) is 6.71. The van der Waals surface area contributed by atoms with Gasteiger partial charge in [-0.2, -0.15) is 0 Å². The molecule has 7 nitrogen and oxygen atoms in total. The van der Waals surface area contributed by atoms with Gasteiger partial charge in [0.05, 0.1) is 17.2 Å². The van der Waals surface area contributed by atoms with E-state index < -0.39 is 0 Å². The summed E-state index contributed by atoms with van der Waals surface area (Å²) in [6.07, 6.45) is 1.24. The van der Waals surface area contributed by atoms with E-state index in [0.29, 0.717) is 42.8 Å². The highest BCUT2D eigenvalue weighted by Gasteiger charge is 2.25. The number of rotatable bonds is 3. The fourth-order valence-corrected chi connectivity index (χ4v) is 3.44. The molecule has 0 saturated carbocycles. The minimum atomic E-state index is -0.301. The summed E-state index contributed by atoms with van der Waals surface area (Å²) in [5.74, 6) is -0.158. The van der Waals surface area contributed by atoms with Crippen LogP contribution in [0.2, 0.25) is 0 Å². The van der Waals surface area contributed by atoms with Gasteiger partial charge in [-0.1, -0.05) is 30.3 Å². The van der Waals surface area contributed by atoms with Crippen LogP contribution in [-0.4, -0.2) is 57.3 Å². The van der Waals surface area contributed by atoms with Gasteiger partial charge in [-0.05, 0) is 24.3 Å². The monoisotopic (exact) mass is 376 g/mol. The molecule has 2 aromatic carbocycles. The van der Waals surface area contributed by atoms with Crippen molar-refractivity contribution in [1.82, 2.24) is 19.4 Å². The molecule has 4 rings (SSSR count). The molecule has 0 atom stereocenters. The molecule has 0 radical (unpaired) electrons. The van der Waals surface area contributed by atoms with Crippen LogP contribution in [0.5, 0.6) is 0 Å². The van der Waals surface area contributed by atoms with Crippen molar-refractivity contribution >= 4 is 22.8 Å². The van der Waals surface area contributed by atoms with Crippen LogP contribution >= 0.6 is 0 Å². The molecule has 142 valence electrons. The molecule has 1 aromatic heterocycles. The average Bonchev–Trinajstić information content (AvgIpc) is 2.76. The van der Waals surface area contributed by atoms with Crippen molar-refractivity contribution in [2.75, 3.05) is 26.2 Å². The lowest BCUT2D eigenvalue weighted by molar-refractivity contribution is -0.133. The third-order valence-corrected chi connectivity index (χ3v) is 4.99. The quantitative estimate of drug-likeness (QED) is 0.692. The van der Waals surface area contributed by atoms with E-state index in [-0.39, 0.29) is 23.9 Å². The fourth-order valence-electron chi connectivity index (χ4n) is 3.44. The summed E-state index contributed by atoms with van der Waals surface area (Å²) in [5.41, 5.74) is 1.66. The fraction of sp³-hybridized carbons (Fsp3) is 0.238. The number of fused-ring (bicyclic) bond motifs is 1. The summed E-state index contributed by atoms with van der Waals surface area (Å²) in [6, 6.07) is 16.4. The van der Waals surface area contributed by atoms with Crippen molar-refractivity contribution < 1.29 is 9.59 Å². The molecule has 7 heteroatoms. The maximum atomic E-state index is 12.8. The van der Waals surface area contributed by atoms with E-state index in [0.717, 1.165) is 0 Å². The number of nitrogens with zero attached hydrogens (tertiary/aromatic N) is 4. The molecule has 0 spiro atoms. The van der Waals surface area contributed by atoms with Gasteiger partial charge in [0, 0.05) is 31.7 Å². The molecule has 28 heavy (non-hydrogen) atoms. The van der Waals surface area contributed by atoms with Crippen molar-refractivity contribution in [2.45, 2.75) is 6.54 Å². The van der Waals surface area contributed by atoms with Gasteiger partial charge < -0.3 is 9.80 Å². The van der Waals surface area contributed by atoms with Crippen molar-refractivity contribution in [3.63, 3.8) is 0 Å². The van der Waals surface area contributed by atoms with Gasteiger partial charge in [0.2, 0.25) is 5.91 Å². The Morgan fingerprint density at radius 3 is 2.25 bits per heavy atom. The van der Waals surface area contributed by atoms with Crippen molar-refractivity contribution in [3.05, 3.63) is 76.7 Å². The van der Waals surface area contributed by atoms with Crippen LogP contribution in [0, 0.1) is 0 Å². The van der Waals surface area contributed by atoms with E-state index in [1.54, 1.807) is 28.0 Å². The van der Waals surface area contributed by atoms with E-state index in [9.17, 15) is 14.4 Å². The maximum Gasteiger partial charge on any atom is 0.269 e. The van der Waals surface area contributed by atoms with Crippen LogP contribution in [-0.2, 0) is 11.3 Å². The van der Waals surface area contributed by atoms with E-state index in [1.807, 2.05) is 36.4 Å². The maximum absolute atomic E-state index is 12.8. The molecule has 0 aliphatic carbocycles. The van der Waals surface area contributed by atoms with Gasteiger partial charge in [-0.15, -0.1) is 0 Å². The highest BCUT2D eigenvalue weighted by atomic mass is 16.2. The van der Waals surface area contributed by atoms with Crippen molar-refractivity contribution in [3.8, 4) is 0 Å². The van der Waals surface area contributed by atoms with Gasteiger partial charge in [0.15, 0.2) is 0 Å². The van der Waals surface area contributed by atoms with Gasteiger partial charge in [0.1, 0.15) is 6.54 Å². The standard InChI is InChI=1S/C21H20N4O3/c26-19-14-22-17-8-4-5-9-18(17)25(19)15-20(27)23-10-12-24(13-11-23)21(28)16-6-2-1-3-7-16/h1-9,14H,10-13,15H2. The van der Waals surface area contributed by atoms with Crippen LogP contribution in [0.15, 0.2) is 65.6 Å². The summed E-state index contributed by atoms with van der Waals surface area (Å²) < 4.78 is 1.45. The minimum Gasteiger partial charge on any atom is -0.338 e. The first-order valence-corrected chi connectivity index (χ1v) is 9.20. The lowest BCUT2D eigenvalue weighted by Crippen LogP contribution is -2.51. The Balaban J connectivity index is 1.43. The molecular weight excluding hydrogens is 356 g/mol. The van der Waals surface area contributed by atoms with Crippen LogP contribution < -0.4 is 5.56 Å². The molecule has 2 heterocycles. The van der Waals surface area contributed by atoms with Gasteiger partial charge in [-0.3, -0.25) is 19.0 Å². The predicted octanol–water partition coefficient (Wildman–Crippen LogP) is 1.38. The smallest absolute Gasteiger partial charge is 0.269 e. The first kappa shape index (κ1) is 17.9. The Bertz CT molecular complexity index is 1070. The summed E-state index contributed by atoms with van der Waals surface area (Å²) in [4.78, 5) is 45.1. The number of hydrogen-bond acceptors (Lipinski definition) is 4.